The third-order valence-corrected chi connectivity index (χ3v) is 4.51. The molecule has 2 unspecified atom stereocenters. The molecule has 2 atom stereocenters. The van der Waals surface area contributed by atoms with Gasteiger partial charge in [0.25, 0.3) is 5.91 Å². The van der Waals surface area contributed by atoms with Gasteiger partial charge in [0.15, 0.2) is 5.69 Å². The highest BCUT2D eigenvalue weighted by atomic mass is 16.2. The van der Waals surface area contributed by atoms with Gasteiger partial charge in [0, 0.05) is 12.1 Å². The molecule has 5 heteroatoms. The fraction of sp³-hybridized carbons (Fsp3) is 0.750. The Kier molecular flexibility index (Phi) is 2.24. The van der Waals surface area contributed by atoms with E-state index in [2.05, 4.69) is 29.3 Å². The zero-order chi connectivity index (χ0) is 12.0. The molecule has 17 heavy (non-hydrogen) atoms. The number of piperidine rings is 1. The van der Waals surface area contributed by atoms with Crippen LogP contribution in [-0.4, -0.2) is 38.3 Å². The predicted molar refractivity (Wildman–Crippen MR) is 62.4 cm³/mol. The molecule has 1 aliphatic carbocycles. The van der Waals surface area contributed by atoms with Gasteiger partial charge in [-0.2, -0.15) is 15.4 Å². The Labute approximate surface area is 101 Å². The van der Waals surface area contributed by atoms with Crippen molar-refractivity contribution in [3.63, 3.8) is 0 Å². The fourth-order valence-corrected chi connectivity index (χ4v) is 3.34. The summed E-state index contributed by atoms with van der Waals surface area (Å²) < 4.78 is 0. The van der Waals surface area contributed by atoms with Crippen molar-refractivity contribution in [1.82, 2.24) is 20.3 Å². The summed E-state index contributed by atoms with van der Waals surface area (Å²) in [5.41, 5.74) is 0.869. The molecule has 1 aromatic heterocycles. The average Bonchev–Trinajstić information content (AvgIpc) is 2.82. The average molecular weight is 234 g/mol. The third-order valence-electron chi connectivity index (χ3n) is 4.51. The van der Waals surface area contributed by atoms with E-state index < -0.39 is 0 Å². The van der Waals surface area contributed by atoms with Crippen molar-refractivity contribution in [3.05, 3.63) is 11.9 Å². The number of aromatic nitrogens is 3. The molecule has 0 spiro atoms. The predicted octanol–water partition coefficient (Wildman–Crippen LogP) is 1.60. The maximum atomic E-state index is 12.2. The van der Waals surface area contributed by atoms with Crippen molar-refractivity contribution in [2.24, 2.45) is 5.41 Å². The molecular weight excluding hydrogens is 216 g/mol. The highest BCUT2D eigenvalue weighted by Gasteiger charge is 2.51. The zero-order valence-electron chi connectivity index (χ0n) is 10.3. The number of nitrogens with zero attached hydrogens (tertiary/aromatic N) is 3. The molecule has 92 valence electrons. The van der Waals surface area contributed by atoms with Gasteiger partial charge in [-0.05, 0) is 24.7 Å². The van der Waals surface area contributed by atoms with Crippen molar-refractivity contribution in [2.75, 3.05) is 0 Å². The molecule has 4 rings (SSSR count). The molecule has 2 saturated heterocycles. The molecule has 0 radical (unpaired) electrons. The second-order valence-electron chi connectivity index (χ2n) is 5.68. The molecule has 1 N–H and O–H groups in total. The Morgan fingerprint density at radius 2 is 2.29 bits per heavy atom. The van der Waals surface area contributed by atoms with E-state index in [0.717, 1.165) is 12.8 Å². The van der Waals surface area contributed by atoms with Gasteiger partial charge in [-0.3, -0.25) is 4.79 Å². The second-order valence-corrected chi connectivity index (χ2v) is 5.68. The van der Waals surface area contributed by atoms with E-state index in [9.17, 15) is 4.79 Å². The molecule has 2 bridgehead atoms. The first-order chi connectivity index (χ1) is 8.13. The van der Waals surface area contributed by atoms with E-state index in [4.69, 9.17) is 0 Å². The van der Waals surface area contributed by atoms with Crippen LogP contribution >= 0.6 is 0 Å². The van der Waals surface area contributed by atoms with Gasteiger partial charge in [0.05, 0.1) is 6.20 Å². The van der Waals surface area contributed by atoms with Crippen molar-refractivity contribution in [2.45, 2.75) is 51.6 Å². The molecular formula is C12H18N4O. The molecule has 0 aromatic carbocycles. The Hall–Kier alpha value is -1.39. The normalized spacial score (nSPS) is 35.5. The van der Waals surface area contributed by atoms with Gasteiger partial charge in [-0.25, -0.2) is 0 Å². The molecule has 3 heterocycles. The van der Waals surface area contributed by atoms with Crippen molar-refractivity contribution in [1.29, 1.82) is 0 Å². The first-order valence-corrected chi connectivity index (χ1v) is 6.31. The van der Waals surface area contributed by atoms with Crippen LogP contribution in [0.2, 0.25) is 0 Å². The number of aromatic amines is 1. The Balaban J connectivity index is 1.75. The van der Waals surface area contributed by atoms with Crippen molar-refractivity contribution in [3.8, 4) is 0 Å². The van der Waals surface area contributed by atoms with Crippen LogP contribution in [0.25, 0.3) is 0 Å². The summed E-state index contributed by atoms with van der Waals surface area (Å²) in [6, 6.07) is 0.839. The van der Waals surface area contributed by atoms with Crippen LogP contribution in [0.4, 0.5) is 0 Å². The summed E-state index contributed by atoms with van der Waals surface area (Å²) in [7, 11) is 0. The van der Waals surface area contributed by atoms with Crippen LogP contribution in [-0.2, 0) is 0 Å². The minimum absolute atomic E-state index is 0.0400. The van der Waals surface area contributed by atoms with E-state index in [1.54, 1.807) is 0 Å². The lowest BCUT2D eigenvalue weighted by atomic mass is 9.64. The van der Waals surface area contributed by atoms with Crippen LogP contribution in [0.1, 0.15) is 50.0 Å². The zero-order valence-corrected chi connectivity index (χ0v) is 10.3. The van der Waals surface area contributed by atoms with Crippen molar-refractivity contribution >= 4 is 5.91 Å². The molecule has 3 aliphatic rings. The SMILES string of the molecule is CCC1(C)CC2CC(C1)N2C(=O)c1cn[nH]n1. The number of H-pyrrole nitrogens is 1. The molecule has 2 aliphatic heterocycles. The Bertz CT molecular complexity index is 416. The van der Waals surface area contributed by atoms with E-state index >= 15 is 0 Å². The van der Waals surface area contributed by atoms with Crippen LogP contribution in [0, 0.1) is 5.41 Å². The number of fused-ring (bicyclic) bond motifs is 2. The lowest BCUT2D eigenvalue weighted by Crippen LogP contribution is -2.64. The number of nitrogens with one attached hydrogen (secondary N) is 1. The summed E-state index contributed by atoms with van der Waals surface area (Å²) in [6.07, 6.45) is 6.13. The number of carbonyl (C=O) groups excluding carboxylic acids is 1. The topological polar surface area (TPSA) is 61.9 Å². The fourth-order valence-electron chi connectivity index (χ4n) is 3.34. The van der Waals surface area contributed by atoms with Gasteiger partial charge in [-0.1, -0.05) is 20.3 Å². The molecule has 1 saturated carbocycles. The van der Waals surface area contributed by atoms with Crippen molar-refractivity contribution < 1.29 is 4.79 Å². The standard InChI is InChI=1S/C12H18N4O/c1-3-12(2)5-8-4-9(6-12)16(8)11(17)10-7-13-15-14-10/h7-9H,3-6H2,1-2H3,(H,13,14,15). The van der Waals surface area contributed by atoms with Crippen LogP contribution in [0.15, 0.2) is 6.20 Å². The summed E-state index contributed by atoms with van der Waals surface area (Å²) in [5.74, 6) is 0.0400. The number of amides is 1. The highest BCUT2D eigenvalue weighted by molar-refractivity contribution is 5.93. The molecule has 1 aromatic rings. The highest BCUT2D eigenvalue weighted by Crippen LogP contribution is 2.49. The Morgan fingerprint density at radius 1 is 1.59 bits per heavy atom. The maximum absolute atomic E-state index is 12.2. The number of hydrogen-bond acceptors (Lipinski definition) is 3. The largest absolute Gasteiger partial charge is 0.331 e. The summed E-state index contributed by atoms with van der Waals surface area (Å²) in [5, 5.41) is 10.1. The van der Waals surface area contributed by atoms with Gasteiger partial charge >= 0.3 is 0 Å². The van der Waals surface area contributed by atoms with E-state index in [-0.39, 0.29) is 5.91 Å². The van der Waals surface area contributed by atoms with Crippen LogP contribution in [0.5, 0.6) is 0 Å². The summed E-state index contributed by atoms with van der Waals surface area (Å²) >= 11 is 0. The van der Waals surface area contributed by atoms with E-state index in [1.807, 2.05) is 4.90 Å². The lowest BCUT2D eigenvalue weighted by Gasteiger charge is -2.58. The number of carbonyl (C=O) groups is 1. The molecule has 5 nitrogen and oxygen atoms in total. The van der Waals surface area contributed by atoms with E-state index in [0.29, 0.717) is 23.2 Å². The molecule has 1 amide bonds. The molecule has 3 fully saturated rings. The van der Waals surface area contributed by atoms with Gasteiger partial charge in [0.2, 0.25) is 0 Å². The number of rotatable bonds is 2. The smallest absolute Gasteiger partial charge is 0.276 e. The quantitative estimate of drug-likeness (QED) is 0.845. The first kappa shape index (κ1) is 10.7. The van der Waals surface area contributed by atoms with Gasteiger partial charge < -0.3 is 4.90 Å². The maximum Gasteiger partial charge on any atom is 0.276 e. The van der Waals surface area contributed by atoms with E-state index in [1.165, 1.54) is 19.0 Å². The van der Waals surface area contributed by atoms with Crippen LogP contribution in [0.3, 0.4) is 0 Å². The number of hydrogen-bond donors (Lipinski definition) is 1. The first-order valence-electron chi connectivity index (χ1n) is 6.31. The minimum Gasteiger partial charge on any atom is -0.331 e. The monoisotopic (exact) mass is 234 g/mol. The van der Waals surface area contributed by atoms with Gasteiger partial charge in [-0.15, -0.1) is 0 Å². The van der Waals surface area contributed by atoms with Crippen LogP contribution < -0.4 is 0 Å². The second kappa shape index (κ2) is 3.55. The summed E-state index contributed by atoms with van der Waals surface area (Å²) in [4.78, 5) is 14.2. The Morgan fingerprint density at radius 3 is 2.82 bits per heavy atom. The van der Waals surface area contributed by atoms with Gasteiger partial charge in [0.1, 0.15) is 0 Å². The minimum atomic E-state index is 0.0400. The summed E-state index contributed by atoms with van der Waals surface area (Å²) in [6.45, 7) is 4.58. The lowest BCUT2D eigenvalue weighted by molar-refractivity contribution is -0.0617. The third kappa shape index (κ3) is 1.56.